The first kappa shape index (κ1) is 10.7. The highest BCUT2D eigenvalue weighted by atomic mass is 16.5. The first-order valence-corrected chi connectivity index (χ1v) is 4.39. The van der Waals surface area contributed by atoms with Gasteiger partial charge in [-0.25, -0.2) is 0 Å². The molecular weight excluding hydrogens is 136 g/mol. The largest absolute Gasteiger partial charge is 0.381 e. The fraction of sp³-hybridized carbons (Fsp3) is 0.800. The minimum Gasteiger partial charge on any atom is -0.381 e. The van der Waals surface area contributed by atoms with Gasteiger partial charge in [0.05, 0.1) is 6.61 Å². The van der Waals surface area contributed by atoms with Gasteiger partial charge in [-0.3, -0.25) is 0 Å². The summed E-state index contributed by atoms with van der Waals surface area (Å²) in [6.07, 6.45) is 2.20. The van der Waals surface area contributed by atoms with Gasteiger partial charge in [0.25, 0.3) is 0 Å². The Kier molecular flexibility index (Phi) is 6.24. The second-order valence-electron chi connectivity index (χ2n) is 3.14. The van der Waals surface area contributed by atoms with Crippen LogP contribution in [-0.2, 0) is 4.74 Å². The predicted octanol–water partition coefficient (Wildman–Crippen LogP) is 3.16. The Balaban J connectivity index is 3.32. The summed E-state index contributed by atoms with van der Waals surface area (Å²) in [7, 11) is 0. The van der Waals surface area contributed by atoms with E-state index in [4.69, 9.17) is 4.74 Å². The monoisotopic (exact) mass is 156 g/mol. The lowest BCUT2D eigenvalue weighted by Crippen LogP contribution is -1.96. The third-order valence-electron chi connectivity index (χ3n) is 1.82. The summed E-state index contributed by atoms with van der Waals surface area (Å²) in [5.74, 6) is 0. The molecule has 0 unspecified atom stereocenters. The molecule has 0 aromatic carbocycles. The molecule has 0 rings (SSSR count). The van der Waals surface area contributed by atoms with Gasteiger partial charge in [-0.1, -0.05) is 18.1 Å². The first-order valence-electron chi connectivity index (χ1n) is 4.39. The summed E-state index contributed by atoms with van der Waals surface area (Å²) < 4.78 is 5.37. The van der Waals surface area contributed by atoms with Crippen molar-refractivity contribution >= 4 is 0 Å². The van der Waals surface area contributed by atoms with Gasteiger partial charge in [-0.15, -0.1) is 0 Å². The van der Waals surface area contributed by atoms with Crippen LogP contribution in [0.25, 0.3) is 0 Å². The topological polar surface area (TPSA) is 9.23 Å². The Hall–Kier alpha value is -0.300. The standard InChI is InChI=1S/C10H20O/c1-5-7-11-8-6-10(4)9(2)3/h5-8H2,1-4H3. The Morgan fingerprint density at radius 3 is 2.18 bits per heavy atom. The summed E-state index contributed by atoms with van der Waals surface area (Å²) in [4.78, 5) is 0. The van der Waals surface area contributed by atoms with Gasteiger partial charge in [0, 0.05) is 6.61 Å². The molecule has 0 bridgehead atoms. The van der Waals surface area contributed by atoms with Crippen LogP contribution in [0.5, 0.6) is 0 Å². The number of hydrogen-bond donors (Lipinski definition) is 0. The summed E-state index contributed by atoms with van der Waals surface area (Å²) in [5.41, 5.74) is 2.88. The lowest BCUT2D eigenvalue weighted by atomic mass is 10.1. The highest BCUT2D eigenvalue weighted by molar-refractivity contribution is 5.06. The lowest BCUT2D eigenvalue weighted by molar-refractivity contribution is 0.137. The van der Waals surface area contributed by atoms with E-state index < -0.39 is 0 Å². The molecule has 1 nitrogen and oxygen atoms in total. The third kappa shape index (κ3) is 6.11. The molecule has 0 aliphatic rings. The van der Waals surface area contributed by atoms with Crippen LogP contribution in [0.4, 0.5) is 0 Å². The molecule has 0 radical (unpaired) electrons. The van der Waals surface area contributed by atoms with E-state index in [2.05, 4.69) is 27.7 Å². The molecule has 0 aromatic rings. The first-order chi connectivity index (χ1) is 5.18. The highest BCUT2D eigenvalue weighted by Gasteiger charge is 1.91. The molecule has 0 amide bonds. The predicted molar refractivity (Wildman–Crippen MR) is 49.8 cm³/mol. The molecular formula is C10H20O. The van der Waals surface area contributed by atoms with Gasteiger partial charge in [0.1, 0.15) is 0 Å². The van der Waals surface area contributed by atoms with Crippen LogP contribution >= 0.6 is 0 Å². The Morgan fingerprint density at radius 2 is 1.73 bits per heavy atom. The minimum atomic E-state index is 0.880. The molecule has 0 atom stereocenters. The van der Waals surface area contributed by atoms with Gasteiger partial charge >= 0.3 is 0 Å². The number of rotatable bonds is 5. The van der Waals surface area contributed by atoms with E-state index in [0.29, 0.717) is 0 Å². The van der Waals surface area contributed by atoms with Crippen molar-refractivity contribution in [2.45, 2.75) is 40.5 Å². The molecule has 0 N–H and O–H groups in total. The van der Waals surface area contributed by atoms with E-state index in [1.807, 2.05) is 0 Å². The minimum absolute atomic E-state index is 0.880. The quantitative estimate of drug-likeness (QED) is 0.439. The van der Waals surface area contributed by atoms with Crippen molar-refractivity contribution in [1.29, 1.82) is 0 Å². The van der Waals surface area contributed by atoms with E-state index in [1.165, 1.54) is 11.1 Å². The van der Waals surface area contributed by atoms with Gasteiger partial charge in [-0.05, 0) is 33.6 Å². The smallest absolute Gasteiger partial charge is 0.0503 e. The van der Waals surface area contributed by atoms with Crippen LogP contribution in [0, 0.1) is 0 Å². The van der Waals surface area contributed by atoms with Crippen molar-refractivity contribution in [2.24, 2.45) is 0 Å². The van der Waals surface area contributed by atoms with Crippen molar-refractivity contribution < 1.29 is 4.74 Å². The van der Waals surface area contributed by atoms with Crippen LogP contribution in [0.3, 0.4) is 0 Å². The van der Waals surface area contributed by atoms with E-state index >= 15 is 0 Å². The maximum absolute atomic E-state index is 5.37. The molecule has 0 aliphatic carbocycles. The molecule has 0 saturated heterocycles. The number of ether oxygens (including phenoxy) is 1. The van der Waals surface area contributed by atoms with Gasteiger partial charge in [-0.2, -0.15) is 0 Å². The van der Waals surface area contributed by atoms with Gasteiger partial charge in [0.2, 0.25) is 0 Å². The molecule has 11 heavy (non-hydrogen) atoms. The second kappa shape index (κ2) is 6.41. The molecule has 0 heterocycles. The zero-order chi connectivity index (χ0) is 8.69. The van der Waals surface area contributed by atoms with Crippen molar-refractivity contribution in [2.75, 3.05) is 13.2 Å². The fourth-order valence-electron chi connectivity index (χ4n) is 0.722. The highest BCUT2D eigenvalue weighted by Crippen LogP contribution is 2.06. The van der Waals surface area contributed by atoms with Crippen LogP contribution in [0.15, 0.2) is 11.1 Å². The molecule has 0 spiro atoms. The average molecular weight is 156 g/mol. The van der Waals surface area contributed by atoms with E-state index in [1.54, 1.807) is 0 Å². The maximum atomic E-state index is 5.37. The van der Waals surface area contributed by atoms with Crippen molar-refractivity contribution in [3.63, 3.8) is 0 Å². The third-order valence-corrected chi connectivity index (χ3v) is 1.82. The van der Waals surface area contributed by atoms with Gasteiger partial charge < -0.3 is 4.74 Å². The Labute approximate surface area is 70.4 Å². The lowest BCUT2D eigenvalue weighted by Gasteiger charge is -2.04. The summed E-state index contributed by atoms with van der Waals surface area (Å²) in [6.45, 7) is 10.4. The zero-order valence-corrected chi connectivity index (χ0v) is 8.24. The summed E-state index contributed by atoms with van der Waals surface area (Å²) >= 11 is 0. The summed E-state index contributed by atoms with van der Waals surface area (Å²) in [6, 6.07) is 0. The van der Waals surface area contributed by atoms with Crippen molar-refractivity contribution in [3.8, 4) is 0 Å². The van der Waals surface area contributed by atoms with E-state index in [-0.39, 0.29) is 0 Å². The number of allylic oxidation sites excluding steroid dienone is 1. The van der Waals surface area contributed by atoms with Crippen LogP contribution in [0.2, 0.25) is 0 Å². The molecule has 0 aliphatic heterocycles. The Bertz CT molecular complexity index is 121. The Morgan fingerprint density at radius 1 is 1.09 bits per heavy atom. The van der Waals surface area contributed by atoms with Crippen LogP contribution in [0.1, 0.15) is 40.5 Å². The molecule has 0 aromatic heterocycles. The van der Waals surface area contributed by atoms with E-state index in [0.717, 1.165) is 26.1 Å². The molecule has 0 fully saturated rings. The summed E-state index contributed by atoms with van der Waals surface area (Å²) in [5, 5.41) is 0. The second-order valence-corrected chi connectivity index (χ2v) is 3.14. The van der Waals surface area contributed by atoms with Crippen LogP contribution in [-0.4, -0.2) is 13.2 Å². The average Bonchev–Trinajstić information content (AvgIpc) is 1.97. The maximum Gasteiger partial charge on any atom is 0.0503 e. The van der Waals surface area contributed by atoms with E-state index in [9.17, 15) is 0 Å². The zero-order valence-electron chi connectivity index (χ0n) is 8.24. The van der Waals surface area contributed by atoms with Gasteiger partial charge in [0.15, 0.2) is 0 Å². The molecule has 0 saturated carbocycles. The van der Waals surface area contributed by atoms with Crippen LogP contribution < -0.4 is 0 Å². The fourth-order valence-corrected chi connectivity index (χ4v) is 0.722. The van der Waals surface area contributed by atoms with Crippen molar-refractivity contribution in [1.82, 2.24) is 0 Å². The number of hydrogen-bond acceptors (Lipinski definition) is 1. The normalized spacial score (nSPS) is 9.82. The SMILES string of the molecule is CCCOCCC(C)=C(C)C. The molecule has 66 valence electrons. The molecule has 1 heteroatoms. The van der Waals surface area contributed by atoms with Crippen molar-refractivity contribution in [3.05, 3.63) is 11.1 Å².